The van der Waals surface area contributed by atoms with Crippen molar-refractivity contribution in [1.29, 1.82) is 0 Å². The lowest BCUT2D eigenvalue weighted by Crippen LogP contribution is -2.30. The van der Waals surface area contributed by atoms with E-state index in [0.29, 0.717) is 11.6 Å². The van der Waals surface area contributed by atoms with E-state index in [-0.39, 0.29) is 4.90 Å². The monoisotopic (exact) mass is 365 g/mol. The molecule has 0 aromatic heterocycles. The van der Waals surface area contributed by atoms with Gasteiger partial charge in [0.15, 0.2) is 9.84 Å². The number of carbonyl (C=O) groups is 1. The molecule has 2 aromatic carbocycles. The fourth-order valence-electron chi connectivity index (χ4n) is 2.62. The number of rotatable bonds is 5. The normalized spacial score (nSPS) is 11.3. The van der Waals surface area contributed by atoms with Gasteiger partial charge in [0.25, 0.3) is 0 Å². The highest BCUT2D eigenvalue weighted by molar-refractivity contribution is 7.92. The second-order valence-corrected chi connectivity index (χ2v) is 8.29. The van der Waals surface area contributed by atoms with E-state index in [1.54, 1.807) is 0 Å². The van der Waals surface area contributed by atoms with Crippen molar-refractivity contribution in [1.82, 2.24) is 5.32 Å². The molecule has 0 heterocycles. The van der Waals surface area contributed by atoms with Gasteiger partial charge in [-0.05, 0) is 61.7 Å². The maximum atomic E-state index is 12.2. The summed E-state index contributed by atoms with van der Waals surface area (Å²) in [5.41, 5.74) is 4.32. The van der Waals surface area contributed by atoms with Crippen LogP contribution in [-0.2, 0) is 21.2 Å². The molecule has 2 rings (SSSR count). The van der Waals surface area contributed by atoms with Crippen molar-refractivity contribution >= 4 is 27.3 Å². The zero-order valence-electron chi connectivity index (χ0n) is 13.9. The third kappa shape index (κ3) is 4.58. The van der Waals surface area contributed by atoms with Gasteiger partial charge in [0.2, 0.25) is 5.91 Å². The first-order valence-corrected chi connectivity index (χ1v) is 9.54. The van der Waals surface area contributed by atoms with Crippen molar-refractivity contribution in [3.63, 3.8) is 0 Å². The number of benzene rings is 2. The van der Waals surface area contributed by atoms with Crippen molar-refractivity contribution in [2.45, 2.75) is 32.2 Å². The molecule has 0 saturated heterocycles. The molecule has 1 N–H and O–H groups in total. The molecular weight excluding hydrogens is 346 g/mol. The number of aryl methyl sites for hydroxylation is 3. The Labute approximate surface area is 147 Å². The fraction of sp³-hybridized carbons (Fsp3) is 0.278. The minimum absolute atomic E-state index is 0.0877. The van der Waals surface area contributed by atoms with Crippen molar-refractivity contribution in [2.24, 2.45) is 0 Å². The highest BCUT2D eigenvalue weighted by atomic mass is 35.5. The van der Waals surface area contributed by atoms with Crippen LogP contribution in [0.2, 0.25) is 5.02 Å². The summed E-state index contributed by atoms with van der Waals surface area (Å²) in [6, 6.07) is 9.87. The van der Waals surface area contributed by atoms with Crippen LogP contribution in [0, 0.1) is 20.8 Å². The molecule has 0 aliphatic carbocycles. The van der Waals surface area contributed by atoms with Gasteiger partial charge in [-0.25, -0.2) is 8.42 Å². The number of sulfone groups is 1. The molecule has 24 heavy (non-hydrogen) atoms. The van der Waals surface area contributed by atoms with Gasteiger partial charge in [-0.15, -0.1) is 0 Å². The maximum Gasteiger partial charge on any atom is 0.235 e. The first-order chi connectivity index (χ1) is 11.2. The van der Waals surface area contributed by atoms with Crippen molar-refractivity contribution in [3.05, 3.63) is 63.7 Å². The molecule has 6 heteroatoms. The molecule has 0 atom stereocenters. The summed E-state index contributed by atoms with van der Waals surface area (Å²) in [6.45, 7) is 6.28. The molecule has 128 valence electrons. The molecule has 0 aliphatic rings. The lowest BCUT2D eigenvalue weighted by atomic mass is 10.00. The number of hydrogen-bond donors (Lipinski definition) is 1. The second-order valence-electron chi connectivity index (χ2n) is 5.87. The molecule has 0 bridgehead atoms. The predicted octanol–water partition coefficient (Wildman–Crippen LogP) is 3.36. The lowest BCUT2D eigenvalue weighted by molar-refractivity contribution is -0.118. The number of hydrogen-bond acceptors (Lipinski definition) is 3. The molecule has 2 aromatic rings. The van der Waals surface area contributed by atoms with Gasteiger partial charge in [-0.2, -0.15) is 0 Å². The quantitative estimate of drug-likeness (QED) is 0.883. The van der Waals surface area contributed by atoms with Crippen LogP contribution in [0.5, 0.6) is 0 Å². The summed E-state index contributed by atoms with van der Waals surface area (Å²) in [5.74, 6) is -1.11. The standard InChI is InChI=1S/C18H20ClNO3S/c1-12-8-13(2)17(14(3)9-12)10-20-18(21)11-24(22,23)16-6-4-15(19)5-7-16/h4-9H,10-11H2,1-3H3,(H,20,21). The third-order valence-corrected chi connectivity index (χ3v) is 5.68. The van der Waals surface area contributed by atoms with Crippen molar-refractivity contribution < 1.29 is 13.2 Å². The third-order valence-electron chi connectivity index (χ3n) is 3.80. The minimum Gasteiger partial charge on any atom is -0.351 e. The Bertz CT molecular complexity index is 835. The average Bonchev–Trinajstić information content (AvgIpc) is 2.46. The van der Waals surface area contributed by atoms with E-state index in [9.17, 15) is 13.2 Å². The van der Waals surface area contributed by atoms with Crippen LogP contribution in [0.15, 0.2) is 41.3 Å². The second kappa shape index (κ2) is 7.36. The van der Waals surface area contributed by atoms with E-state index in [4.69, 9.17) is 11.6 Å². The van der Waals surface area contributed by atoms with Crippen LogP contribution in [0.1, 0.15) is 22.3 Å². The van der Waals surface area contributed by atoms with E-state index in [2.05, 4.69) is 5.32 Å². The number of amides is 1. The topological polar surface area (TPSA) is 63.2 Å². The molecule has 0 fully saturated rings. The first kappa shape index (κ1) is 18.5. The van der Waals surface area contributed by atoms with Crippen LogP contribution in [0.25, 0.3) is 0 Å². The number of carbonyl (C=O) groups excluding carboxylic acids is 1. The maximum absolute atomic E-state index is 12.2. The Morgan fingerprint density at radius 1 is 1.04 bits per heavy atom. The molecular formula is C18H20ClNO3S. The number of halogens is 1. The Morgan fingerprint density at radius 2 is 1.58 bits per heavy atom. The molecule has 1 amide bonds. The largest absolute Gasteiger partial charge is 0.351 e. The first-order valence-electron chi connectivity index (χ1n) is 7.51. The highest BCUT2D eigenvalue weighted by Gasteiger charge is 2.19. The molecule has 0 unspecified atom stereocenters. The highest BCUT2D eigenvalue weighted by Crippen LogP contribution is 2.17. The Hall–Kier alpha value is -1.85. The Balaban J connectivity index is 2.05. The summed E-state index contributed by atoms with van der Waals surface area (Å²) in [5, 5.41) is 3.14. The summed E-state index contributed by atoms with van der Waals surface area (Å²) in [4.78, 5) is 12.1. The Morgan fingerprint density at radius 3 is 2.12 bits per heavy atom. The van der Waals surface area contributed by atoms with Crippen LogP contribution >= 0.6 is 11.6 Å². The summed E-state index contributed by atoms with van der Waals surface area (Å²) in [7, 11) is -3.68. The van der Waals surface area contributed by atoms with Gasteiger partial charge in [0, 0.05) is 11.6 Å². The van der Waals surface area contributed by atoms with Gasteiger partial charge < -0.3 is 5.32 Å². The summed E-state index contributed by atoms with van der Waals surface area (Å²) < 4.78 is 24.5. The molecule has 4 nitrogen and oxygen atoms in total. The van der Waals surface area contributed by atoms with Gasteiger partial charge in [0.05, 0.1) is 4.90 Å². The zero-order chi connectivity index (χ0) is 17.9. The summed E-state index contributed by atoms with van der Waals surface area (Å²) in [6.07, 6.45) is 0. The Kier molecular flexibility index (Phi) is 5.67. The van der Waals surface area contributed by atoms with Crippen LogP contribution in [0.3, 0.4) is 0 Å². The van der Waals surface area contributed by atoms with E-state index in [1.165, 1.54) is 24.3 Å². The zero-order valence-corrected chi connectivity index (χ0v) is 15.5. The van der Waals surface area contributed by atoms with E-state index < -0.39 is 21.5 Å². The average molecular weight is 366 g/mol. The minimum atomic E-state index is -3.68. The van der Waals surface area contributed by atoms with E-state index in [1.807, 2.05) is 32.9 Å². The van der Waals surface area contributed by atoms with Gasteiger partial charge in [-0.3, -0.25) is 4.79 Å². The van der Waals surface area contributed by atoms with E-state index >= 15 is 0 Å². The van der Waals surface area contributed by atoms with Crippen LogP contribution in [-0.4, -0.2) is 20.1 Å². The van der Waals surface area contributed by atoms with Gasteiger partial charge in [0.1, 0.15) is 5.75 Å². The smallest absolute Gasteiger partial charge is 0.235 e. The van der Waals surface area contributed by atoms with Crippen LogP contribution in [0.4, 0.5) is 0 Å². The fourth-order valence-corrected chi connectivity index (χ4v) is 3.92. The molecule has 0 saturated carbocycles. The van der Waals surface area contributed by atoms with E-state index in [0.717, 1.165) is 22.3 Å². The van der Waals surface area contributed by atoms with Gasteiger partial charge >= 0.3 is 0 Å². The molecule has 0 spiro atoms. The van der Waals surface area contributed by atoms with Crippen molar-refractivity contribution in [3.8, 4) is 0 Å². The SMILES string of the molecule is Cc1cc(C)c(CNC(=O)CS(=O)(=O)c2ccc(Cl)cc2)c(C)c1. The molecule has 0 radical (unpaired) electrons. The van der Waals surface area contributed by atoms with Crippen LogP contribution < -0.4 is 5.32 Å². The van der Waals surface area contributed by atoms with Gasteiger partial charge in [-0.1, -0.05) is 29.3 Å². The summed E-state index contributed by atoms with van der Waals surface area (Å²) >= 11 is 5.75. The lowest BCUT2D eigenvalue weighted by Gasteiger charge is -2.12. The van der Waals surface area contributed by atoms with Crippen molar-refractivity contribution in [2.75, 3.05) is 5.75 Å². The predicted molar refractivity (Wildman–Crippen MR) is 96.0 cm³/mol. The number of nitrogens with one attached hydrogen (secondary N) is 1. The molecule has 0 aliphatic heterocycles.